The highest BCUT2D eigenvalue weighted by Crippen LogP contribution is 2.46. The van der Waals surface area contributed by atoms with Gasteiger partial charge in [-0.15, -0.1) is 0 Å². The second-order valence-electron chi connectivity index (χ2n) is 3.83. The summed E-state index contributed by atoms with van der Waals surface area (Å²) in [6, 6.07) is -0.391. The lowest BCUT2D eigenvalue weighted by Crippen LogP contribution is -2.38. The number of hydrogen-bond acceptors (Lipinski definition) is 2. The average molecular weight is 174 g/mol. The lowest BCUT2D eigenvalue weighted by Gasteiger charge is -2.29. The van der Waals surface area contributed by atoms with Gasteiger partial charge in [-0.1, -0.05) is 13.8 Å². The highest BCUT2D eigenvalue weighted by atomic mass is 19.3. The molecule has 1 fully saturated rings. The minimum absolute atomic E-state index is 0.391. The van der Waals surface area contributed by atoms with Gasteiger partial charge in [0, 0.05) is 6.04 Å². The van der Waals surface area contributed by atoms with Crippen molar-refractivity contribution in [2.45, 2.75) is 32.7 Å². The predicted octanol–water partition coefficient (Wildman–Crippen LogP) is 1.83. The van der Waals surface area contributed by atoms with Gasteiger partial charge < -0.3 is 4.90 Å². The first-order chi connectivity index (χ1) is 5.33. The summed E-state index contributed by atoms with van der Waals surface area (Å²) < 4.78 is 26.4. The highest BCUT2D eigenvalue weighted by molar-refractivity contribution is 5.06. The molecule has 1 aliphatic heterocycles. The Hall–Kier alpha value is -0.850. The molecule has 12 heavy (non-hydrogen) atoms. The third kappa shape index (κ3) is 0.961. The van der Waals surface area contributed by atoms with E-state index in [0.29, 0.717) is 0 Å². The van der Waals surface area contributed by atoms with Crippen LogP contribution in [0.2, 0.25) is 0 Å². The molecule has 0 aromatic rings. The van der Waals surface area contributed by atoms with Crippen LogP contribution < -0.4 is 0 Å². The largest absolute Gasteiger partial charge is 0.301 e. The van der Waals surface area contributed by atoms with E-state index in [1.54, 1.807) is 13.1 Å². The molecule has 0 unspecified atom stereocenters. The van der Waals surface area contributed by atoms with E-state index in [9.17, 15) is 8.78 Å². The lowest BCUT2D eigenvalue weighted by atomic mass is 9.83. The zero-order valence-corrected chi connectivity index (χ0v) is 7.43. The molecule has 2 nitrogen and oxygen atoms in total. The first-order valence-corrected chi connectivity index (χ1v) is 3.87. The standard InChI is InChI=1S/C8H12F2N2/c1-6-7(2,3)8(9,10)4-12(6)5-11/h6H,4H2,1-3H3/t6-/m0/s1. The van der Waals surface area contributed by atoms with Crippen molar-refractivity contribution in [1.82, 2.24) is 4.90 Å². The highest BCUT2D eigenvalue weighted by Gasteiger charge is 2.58. The summed E-state index contributed by atoms with van der Waals surface area (Å²) in [6.07, 6.45) is 1.78. The zero-order chi connectivity index (χ0) is 9.57. The van der Waals surface area contributed by atoms with Gasteiger partial charge in [0.15, 0.2) is 6.19 Å². The summed E-state index contributed by atoms with van der Waals surface area (Å²) in [5.41, 5.74) is -1.11. The van der Waals surface area contributed by atoms with Crippen LogP contribution in [0.1, 0.15) is 20.8 Å². The van der Waals surface area contributed by atoms with Crippen LogP contribution in [0.5, 0.6) is 0 Å². The van der Waals surface area contributed by atoms with Crippen LogP contribution in [-0.4, -0.2) is 23.4 Å². The molecule has 0 radical (unpaired) electrons. The smallest absolute Gasteiger partial charge is 0.272 e. The Morgan fingerprint density at radius 1 is 1.50 bits per heavy atom. The normalized spacial score (nSPS) is 31.7. The van der Waals surface area contributed by atoms with Gasteiger partial charge in [-0.25, -0.2) is 8.78 Å². The molecule has 0 spiro atoms. The first-order valence-electron chi connectivity index (χ1n) is 3.87. The van der Waals surface area contributed by atoms with Crippen molar-refractivity contribution in [2.75, 3.05) is 6.54 Å². The second kappa shape index (κ2) is 2.32. The minimum Gasteiger partial charge on any atom is -0.301 e. The van der Waals surface area contributed by atoms with E-state index in [0.717, 1.165) is 4.90 Å². The Morgan fingerprint density at radius 3 is 2.17 bits per heavy atom. The number of halogens is 2. The summed E-state index contributed by atoms with van der Waals surface area (Å²) in [6.45, 7) is 4.20. The van der Waals surface area contributed by atoms with Gasteiger partial charge in [0.1, 0.15) is 0 Å². The maximum absolute atomic E-state index is 13.2. The molecule has 1 atom stereocenters. The van der Waals surface area contributed by atoms with Gasteiger partial charge in [-0.3, -0.25) is 0 Å². The fourth-order valence-electron chi connectivity index (χ4n) is 1.37. The van der Waals surface area contributed by atoms with Crippen LogP contribution in [0.25, 0.3) is 0 Å². The van der Waals surface area contributed by atoms with Gasteiger partial charge in [0.25, 0.3) is 5.92 Å². The summed E-state index contributed by atoms with van der Waals surface area (Å²) in [5.74, 6) is -2.76. The SMILES string of the molecule is C[C@@H]1N(C#N)CC(F)(F)C1(C)C. The number of alkyl halides is 2. The third-order valence-corrected chi connectivity index (χ3v) is 2.95. The molecular weight excluding hydrogens is 162 g/mol. The maximum atomic E-state index is 13.2. The quantitative estimate of drug-likeness (QED) is 0.524. The Morgan fingerprint density at radius 2 is 2.00 bits per heavy atom. The molecule has 0 saturated carbocycles. The fourth-order valence-corrected chi connectivity index (χ4v) is 1.37. The van der Waals surface area contributed by atoms with Crippen LogP contribution in [0.3, 0.4) is 0 Å². The van der Waals surface area contributed by atoms with Gasteiger partial charge >= 0.3 is 0 Å². The Kier molecular flexibility index (Phi) is 1.78. The van der Waals surface area contributed by atoms with Crippen molar-refractivity contribution < 1.29 is 8.78 Å². The zero-order valence-electron chi connectivity index (χ0n) is 7.43. The number of hydrogen-bond donors (Lipinski definition) is 0. The molecule has 0 N–H and O–H groups in total. The molecule has 0 aromatic heterocycles. The molecular formula is C8H12F2N2. The molecule has 4 heteroatoms. The Balaban J connectivity index is 2.98. The van der Waals surface area contributed by atoms with E-state index in [4.69, 9.17) is 5.26 Å². The minimum atomic E-state index is -2.76. The van der Waals surface area contributed by atoms with E-state index < -0.39 is 23.9 Å². The molecule has 1 heterocycles. The van der Waals surface area contributed by atoms with E-state index in [-0.39, 0.29) is 0 Å². The van der Waals surface area contributed by atoms with E-state index >= 15 is 0 Å². The Labute approximate surface area is 70.8 Å². The number of likely N-dealkylation sites (tertiary alicyclic amines) is 1. The van der Waals surface area contributed by atoms with Crippen LogP contribution in [0.4, 0.5) is 8.78 Å². The van der Waals surface area contributed by atoms with E-state index in [1.807, 2.05) is 0 Å². The number of rotatable bonds is 0. The summed E-state index contributed by atoms with van der Waals surface area (Å²) >= 11 is 0. The van der Waals surface area contributed by atoms with Crippen LogP contribution >= 0.6 is 0 Å². The predicted molar refractivity (Wildman–Crippen MR) is 40.5 cm³/mol. The molecule has 0 amide bonds. The first kappa shape index (κ1) is 9.24. The fraction of sp³-hybridized carbons (Fsp3) is 0.875. The van der Waals surface area contributed by atoms with Crippen LogP contribution in [0.15, 0.2) is 0 Å². The molecule has 0 bridgehead atoms. The molecule has 68 valence electrons. The monoisotopic (exact) mass is 174 g/mol. The Bertz CT molecular complexity index is 230. The van der Waals surface area contributed by atoms with Crippen LogP contribution in [0, 0.1) is 16.9 Å². The van der Waals surface area contributed by atoms with Crippen molar-refractivity contribution in [3.63, 3.8) is 0 Å². The molecule has 1 aliphatic rings. The molecule has 0 aromatic carbocycles. The van der Waals surface area contributed by atoms with Crippen molar-refractivity contribution >= 4 is 0 Å². The topological polar surface area (TPSA) is 27.0 Å². The van der Waals surface area contributed by atoms with Gasteiger partial charge in [0.2, 0.25) is 0 Å². The van der Waals surface area contributed by atoms with Crippen LogP contribution in [-0.2, 0) is 0 Å². The van der Waals surface area contributed by atoms with E-state index in [1.165, 1.54) is 13.8 Å². The van der Waals surface area contributed by atoms with Gasteiger partial charge in [-0.05, 0) is 6.92 Å². The van der Waals surface area contributed by atoms with Crippen molar-refractivity contribution in [3.8, 4) is 6.19 Å². The molecule has 1 saturated heterocycles. The number of nitriles is 1. The van der Waals surface area contributed by atoms with Crippen molar-refractivity contribution in [3.05, 3.63) is 0 Å². The molecule has 0 aliphatic carbocycles. The average Bonchev–Trinajstić information content (AvgIpc) is 2.11. The maximum Gasteiger partial charge on any atom is 0.272 e. The summed E-state index contributed by atoms with van der Waals surface area (Å²) in [7, 11) is 0. The van der Waals surface area contributed by atoms with Gasteiger partial charge in [-0.2, -0.15) is 5.26 Å². The van der Waals surface area contributed by atoms with Gasteiger partial charge in [0.05, 0.1) is 12.0 Å². The third-order valence-electron chi connectivity index (χ3n) is 2.95. The van der Waals surface area contributed by atoms with Crippen molar-refractivity contribution in [1.29, 1.82) is 5.26 Å². The second-order valence-corrected chi connectivity index (χ2v) is 3.83. The molecule has 1 rings (SSSR count). The number of nitrogens with zero attached hydrogens (tertiary/aromatic N) is 2. The summed E-state index contributed by atoms with van der Waals surface area (Å²) in [5, 5.41) is 8.54. The summed E-state index contributed by atoms with van der Waals surface area (Å²) in [4.78, 5) is 1.14. The van der Waals surface area contributed by atoms with Crippen molar-refractivity contribution in [2.24, 2.45) is 5.41 Å². The lowest BCUT2D eigenvalue weighted by molar-refractivity contribution is -0.0733. The van der Waals surface area contributed by atoms with E-state index in [2.05, 4.69) is 0 Å².